The third-order valence-electron chi connectivity index (χ3n) is 11.6. The van der Waals surface area contributed by atoms with Gasteiger partial charge in [-0.15, -0.1) is 0 Å². The Morgan fingerprint density at radius 1 is 1.13 bits per heavy atom. The molecule has 2 aromatic rings. The van der Waals surface area contributed by atoms with Crippen LogP contribution in [0.2, 0.25) is 0 Å². The lowest BCUT2D eigenvalue weighted by atomic mass is 9.41. The van der Waals surface area contributed by atoms with E-state index < -0.39 is 87.1 Å². The van der Waals surface area contributed by atoms with Crippen LogP contribution in [0.25, 0.3) is 0 Å². The van der Waals surface area contributed by atoms with Crippen molar-refractivity contribution in [3.05, 3.63) is 82.1 Å². The van der Waals surface area contributed by atoms with Crippen LogP contribution in [0.1, 0.15) is 63.7 Å². The molecular weight excluding hydrogens is 593 g/mol. The van der Waals surface area contributed by atoms with Crippen molar-refractivity contribution in [2.75, 3.05) is 7.11 Å². The summed E-state index contributed by atoms with van der Waals surface area (Å²) < 4.78 is 65.6. The zero-order valence-corrected chi connectivity index (χ0v) is 25.4. The van der Waals surface area contributed by atoms with Gasteiger partial charge in [0, 0.05) is 28.2 Å². The molecule has 10 atom stereocenters. The Labute approximate surface area is 257 Å². The van der Waals surface area contributed by atoms with Gasteiger partial charge in [-0.05, 0) is 61.1 Å². The third kappa shape index (κ3) is 3.71. The van der Waals surface area contributed by atoms with E-state index in [1.807, 2.05) is 19.9 Å². The van der Waals surface area contributed by atoms with E-state index in [1.165, 1.54) is 13.2 Å². The molecule has 1 saturated carbocycles. The van der Waals surface area contributed by atoms with Gasteiger partial charge < -0.3 is 23.7 Å². The molecule has 2 unspecified atom stereocenters. The smallest absolute Gasteiger partial charge is 0.316 e. The van der Waals surface area contributed by atoms with Crippen LogP contribution in [0.3, 0.4) is 0 Å². The number of halogens is 3. The van der Waals surface area contributed by atoms with Crippen molar-refractivity contribution < 1.29 is 51.3 Å². The van der Waals surface area contributed by atoms with Gasteiger partial charge in [0.25, 0.3) is 0 Å². The van der Waals surface area contributed by atoms with Crippen LogP contribution in [0.4, 0.5) is 13.2 Å². The maximum atomic E-state index is 14.9. The minimum atomic E-state index is -1.90. The molecule has 0 amide bonds. The highest BCUT2D eigenvalue weighted by atomic mass is 19.2. The van der Waals surface area contributed by atoms with Crippen LogP contribution in [-0.2, 0) is 28.6 Å². The number of carbonyl (C=O) groups excluding carboxylic acids is 3. The number of ether oxygens (including phenoxy) is 3. The van der Waals surface area contributed by atoms with Crippen LogP contribution in [0.15, 0.2) is 57.9 Å². The summed E-state index contributed by atoms with van der Waals surface area (Å²) in [6, 6.07) is 3.12. The van der Waals surface area contributed by atoms with Crippen LogP contribution in [-0.4, -0.2) is 48.3 Å². The Kier molecular flexibility index (Phi) is 6.43. The fourth-order valence-corrected chi connectivity index (χ4v) is 9.75. The summed E-state index contributed by atoms with van der Waals surface area (Å²) in [5.74, 6) is -8.28. The van der Waals surface area contributed by atoms with Gasteiger partial charge in [0.1, 0.15) is 18.3 Å². The molecule has 8 nitrogen and oxygen atoms in total. The molecule has 3 aliphatic carbocycles. The number of ketones is 1. The lowest BCUT2D eigenvalue weighted by molar-refractivity contribution is -0.191. The van der Waals surface area contributed by atoms with Crippen molar-refractivity contribution in [2.45, 2.75) is 70.9 Å². The summed E-state index contributed by atoms with van der Waals surface area (Å²) >= 11 is 0. The number of rotatable bonds is 5. The maximum Gasteiger partial charge on any atom is 0.316 e. The number of hydrogen-bond donors (Lipinski definition) is 1. The van der Waals surface area contributed by atoms with Crippen LogP contribution >= 0.6 is 0 Å². The van der Waals surface area contributed by atoms with Gasteiger partial charge >= 0.3 is 11.9 Å². The summed E-state index contributed by atoms with van der Waals surface area (Å²) in [5, 5.41) is 11.5. The molecule has 1 aromatic carbocycles. The zero-order chi connectivity index (χ0) is 32.4. The second-order valence-electron chi connectivity index (χ2n) is 13.6. The molecule has 0 bridgehead atoms. The maximum absolute atomic E-state index is 14.9. The lowest BCUT2D eigenvalue weighted by Crippen LogP contribution is -2.67. The number of esters is 2. The number of carbonyl (C=O) groups is 3. The van der Waals surface area contributed by atoms with Crippen LogP contribution in [0, 0.1) is 45.5 Å². The average Bonchev–Trinajstić information content (AvgIpc) is 3.76. The molecular formula is C34H33F3O8. The Morgan fingerprint density at radius 3 is 2.44 bits per heavy atom. The molecule has 2 saturated heterocycles. The summed E-state index contributed by atoms with van der Waals surface area (Å²) in [4.78, 5) is 41.8. The fraction of sp³-hybridized carbons (Fsp3) is 0.500. The van der Waals surface area contributed by atoms with Crippen LogP contribution in [0.5, 0.6) is 0 Å². The molecule has 2 aliphatic heterocycles. The van der Waals surface area contributed by atoms with Gasteiger partial charge in [-0.25, -0.2) is 13.2 Å². The number of aliphatic hydroxyl groups is 1. The largest absolute Gasteiger partial charge is 0.472 e. The predicted octanol–water partition coefficient (Wildman–Crippen LogP) is 5.26. The number of fused-ring (bicyclic) bond motifs is 4. The summed E-state index contributed by atoms with van der Waals surface area (Å²) in [6.07, 6.45) is 1.10. The van der Waals surface area contributed by atoms with E-state index in [0.717, 1.165) is 16.7 Å². The van der Waals surface area contributed by atoms with Crippen molar-refractivity contribution in [3.8, 4) is 0 Å². The Hall–Kier alpha value is -3.70. The van der Waals surface area contributed by atoms with Crippen molar-refractivity contribution in [1.29, 1.82) is 0 Å². The summed E-state index contributed by atoms with van der Waals surface area (Å²) in [5.41, 5.74) is -1.79. The minimum absolute atomic E-state index is 0.0372. The Balaban J connectivity index is 1.43. The first-order chi connectivity index (χ1) is 21.2. The monoisotopic (exact) mass is 626 g/mol. The number of aliphatic hydroxyl groups excluding tert-OH is 1. The van der Waals surface area contributed by atoms with Crippen molar-refractivity contribution in [3.63, 3.8) is 0 Å². The van der Waals surface area contributed by atoms with Crippen molar-refractivity contribution >= 4 is 17.7 Å². The predicted molar refractivity (Wildman–Crippen MR) is 150 cm³/mol. The quantitative estimate of drug-likeness (QED) is 0.272. The molecule has 1 aromatic heterocycles. The second kappa shape index (κ2) is 9.65. The van der Waals surface area contributed by atoms with E-state index in [9.17, 15) is 32.7 Å². The highest BCUT2D eigenvalue weighted by Gasteiger charge is 2.78. The van der Waals surface area contributed by atoms with Gasteiger partial charge in [0.15, 0.2) is 23.2 Å². The first-order valence-electron chi connectivity index (χ1n) is 15.0. The molecule has 0 radical (unpaired) electrons. The highest BCUT2D eigenvalue weighted by molar-refractivity contribution is 6.05. The number of furan rings is 1. The van der Waals surface area contributed by atoms with E-state index in [2.05, 4.69) is 0 Å². The molecule has 238 valence electrons. The Bertz CT molecular complexity index is 1690. The molecule has 3 heterocycles. The molecule has 3 fully saturated rings. The van der Waals surface area contributed by atoms with Crippen molar-refractivity contribution in [1.82, 2.24) is 0 Å². The minimum Gasteiger partial charge on any atom is -0.472 e. The molecule has 5 aliphatic rings. The topological polar surface area (TPSA) is 112 Å². The van der Waals surface area contributed by atoms with Gasteiger partial charge in [-0.1, -0.05) is 25.5 Å². The molecule has 11 heteroatoms. The van der Waals surface area contributed by atoms with Gasteiger partial charge in [-0.3, -0.25) is 14.4 Å². The zero-order valence-electron chi connectivity index (χ0n) is 25.4. The molecule has 1 N–H and O–H groups in total. The van der Waals surface area contributed by atoms with Gasteiger partial charge in [0.05, 0.1) is 37.6 Å². The normalized spacial score (nSPS) is 38.8. The van der Waals surface area contributed by atoms with E-state index in [1.54, 1.807) is 26.4 Å². The molecule has 7 rings (SSSR count). The van der Waals surface area contributed by atoms with Gasteiger partial charge in [0.2, 0.25) is 0 Å². The molecule has 0 spiro atoms. The first-order valence-corrected chi connectivity index (χ1v) is 15.0. The SMILES string of the molecule is COC(=O)C[C@H]1[C@]2(C)C3=C(C)[C@H](c4ccoc4)C[C@@H]3O[C@@H]2[C@@H]2OC(=O)[C@]3(C)C=C(C(O)c4cc(F)c(F)c(F)c4)C(=O)[C@@]1(C)C23. The summed E-state index contributed by atoms with van der Waals surface area (Å²) in [7, 11) is 1.25. The van der Waals surface area contributed by atoms with E-state index in [0.29, 0.717) is 18.6 Å². The van der Waals surface area contributed by atoms with E-state index in [-0.39, 0.29) is 24.0 Å². The highest BCUT2D eigenvalue weighted by Crippen LogP contribution is 2.73. The number of Topliss-reactive ketones (excluding diaryl/α,β-unsaturated/α-hetero) is 1. The molecule has 45 heavy (non-hydrogen) atoms. The van der Waals surface area contributed by atoms with Crippen LogP contribution < -0.4 is 0 Å². The lowest BCUT2D eigenvalue weighted by Gasteiger charge is -2.60. The standard InChI is InChI=1S/C34H33F3O8/c1-14-17(15-6-7-43-13-15)10-21-24(14)33(3)22(11-23(38)42-5)34(4)28-27(30(33)44-21)45-31(41)32(28,2)12-18(29(34)40)26(39)16-8-19(35)25(37)20(36)9-16/h6-9,12-13,17,21-22,26-28,30,39H,10-11H2,1-5H3/t17-,21+,22+,26?,27-,28?,30-,32-,33-,34-/m1/s1. The average molecular weight is 627 g/mol. The second-order valence-corrected chi connectivity index (χ2v) is 13.6. The number of allylic oxidation sites excluding steroid dienone is 1. The number of methoxy groups -OCH3 is 1. The number of benzene rings is 1. The van der Waals surface area contributed by atoms with E-state index in [4.69, 9.17) is 18.6 Å². The Morgan fingerprint density at radius 2 is 1.82 bits per heavy atom. The third-order valence-corrected chi connectivity index (χ3v) is 11.6. The van der Waals surface area contributed by atoms with E-state index >= 15 is 0 Å². The van der Waals surface area contributed by atoms with Gasteiger partial charge in [-0.2, -0.15) is 0 Å². The first kappa shape index (κ1) is 30.0. The van der Waals surface area contributed by atoms with Crippen molar-refractivity contribution in [2.24, 2.45) is 28.1 Å². The number of hydrogen-bond acceptors (Lipinski definition) is 8. The summed E-state index contributed by atoms with van der Waals surface area (Å²) in [6.45, 7) is 7.18. The fourth-order valence-electron chi connectivity index (χ4n) is 9.75.